The van der Waals surface area contributed by atoms with Crippen LogP contribution < -0.4 is 10.1 Å². The van der Waals surface area contributed by atoms with E-state index in [9.17, 15) is 4.79 Å². The predicted octanol–water partition coefficient (Wildman–Crippen LogP) is 3.49. The minimum atomic E-state index is 0.141. The molecule has 0 fully saturated rings. The van der Waals surface area contributed by atoms with E-state index in [0.29, 0.717) is 6.42 Å². The normalized spacial score (nSPS) is 13.0. The highest BCUT2D eigenvalue weighted by Crippen LogP contribution is 2.26. The first kappa shape index (κ1) is 14.3. The van der Waals surface area contributed by atoms with Crippen molar-refractivity contribution in [3.63, 3.8) is 0 Å². The van der Waals surface area contributed by atoms with Gasteiger partial charge in [0.25, 0.3) is 0 Å². The molecule has 4 heteroatoms. The number of rotatable bonds is 4. The second-order valence-corrected chi connectivity index (χ2v) is 6.01. The van der Waals surface area contributed by atoms with Crippen LogP contribution in [-0.2, 0) is 19.5 Å². The van der Waals surface area contributed by atoms with Gasteiger partial charge in [-0.25, -0.2) is 0 Å². The van der Waals surface area contributed by atoms with Crippen molar-refractivity contribution >= 4 is 21.7 Å². The molecule has 21 heavy (non-hydrogen) atoms. The topological polar surface area (TPSA) is 38.3 Å². The molecule has 0 amide bonds. The number of halogens is 1. The molecule has 0 aromatic heterocycles. The summed E-state index contributed by atoms with van der Waals surface area (Å²) in [5.74, 6) is 0.913. The van der Waals surface area contributed by atoms with Crippen LogP contribution in [0.4, 0.5) is 0 Å². The van der Waals surface area contributed by atoms with Gasteiger partial charge in [-0.1, -0.05) is 18.2 Å². The highest BCUT2D eigenvalue weighted by Gasteiger charge is 2.14. The van der Waals surface area contributed by atoms with Crippen LogP contribution in [0.2, 0.25) is 0 Å². The molecule has 1 aliphatic heterocycles. The molecule has 1 heterocycles. The molecule has 1 N–H and O–H groups in total. The summed E-state index contributed by atoms with van der Waals surface area (Å²) in [6, 6.07) is 11.7. The molecule has 1 aliphatic rings. The van der Waals surface area contributed by atoms with Gasteiger partial charge < -0.3 is 10.1 Å². The SMILES string of the molecule is COc1ccc(CC(=O)c2ccc3c(c2)CNC3)cc1Br. The number of fused-ring (bicyclic) bond motifs is 1. The van der Waals surface area contributed by atoms with Gasteiger partial charge in [0.15, 0.2) is 5.78 Å². The van der Waals surface area contributed by atoms with Gasteiger partial charge in [-0.3, -0.25) is 4.79 Å². The molecule has 0 spiro atoms. The first-order valence-corrected chi connectivity index (χ1v) is 7.65. The summed E-state index contributed by atoms with van der Waals surface area (Å²) in [4.78, 5) is 12.4. The number of methoxy groups -OCH3 is 1. The van der Waals surface area contributed by atoms with E-state index in [-0.39, 0.29) is 5.78 Å². The van der Waals surface area contributed by atoms with Crippen molar-refractivity contribution in [3.8, 4) is 5.75 Å². The summed E-state index contributed by atoms with van der Waals surface area (Å²) in [6.45, 7) is 1.75. The third-order valence-corrected chi connectivity index (χ3v) is 4.36. The lowest BCUT2D eigenvalue weighted by atomic mass is 9.99. The number of benzene rings is 2. The van der Waals surface area contributed by atoms with Crippen molar-refractivity contribution < 1.29 is 9.53 Å². The first-order chi connectivity index (χ1) is 10.2. The fraction of sp³-hybridized carbons (Fsp3) is 0.235. The third kappa shape index (κ3) is 3.01. The summed E-state index contributed by atoms with van der Waals surface area (Å²) in [6.07, 6.45) is 0.398. The Hall–Kier alpha value is -1.65. The summed E-state index contributed by atoms with van der Waals surface area (Å²) < 4.78 is 6.07. The fourth-order valence-electron chi connectivity index (χ4n) is 2.58. The Balaban J connectivity index is 1.78. The lowest BCUT2D eigenvalue weighted by molar-refractivity contribution is 0.0993. The van der Waals surface area contributed by atoms with Gasteiger partial charge in [-0.2, -0.15) is 0 Å². The number of hydrogen-bond acceptors (Lipinski definition) is 3. The standard InChI is InChI=1S/C17H16BrNO2/c1-21-17-5-2-11(6-15(17)18)7-16(20)12-3-4-13-9-19-10-14(13)8-12/h2-6,8,19H,7,9-10H2,1H3. The Labute approximate surface area is 132 Å². The summed E-state index contributed by atoms with van der Waals surface area (Å²) in [7, 11) is 1.63. The zero-order valence-corrected chi connectivity index (χ0v) is 13.4. The average Bonchev–Trinajstić information content (AvgIpc) is 2.94. The Morgan fingerprint density at radius 1 is 1.19 bits per heavy atom. The van der Waals surface area contributed by atoms with Crippen LogP contribution in [-0.4, -0.2) is 12.9 Å². The van der Waals surface area contributed by atoms with Gasteiger partial charge in [-0.15, -0.1) is 0 Å². The quantitative estimate of drug-likeness (QED) is 0.862. The van der Waals surface area contributed by atoms with Crippen molar-refractivity contribution in [2.24, 2.45) is 0 Å². The van der Waals surface area contributed by atoms with E-state index in [2.05, 4.69) is 21.2 Å². The van der Waals surface area contributed by atoms with E-state index in [1.807, 2.05) is 36.4 Å². The van der Waals surface area contributed by atoms with E-state index in [1.165, 1.54) is 11.1 Å². The lowest BCUT2D eigenvalue weighted by Gasteiger charge is -2.07. The molecule has 2 aromatic carbocycles. The summed E-state index contributed by atoms with van der Waals surface area (Å²) in [5.41, 5.74) is 4.28. The van der Waals surface area contributed by atoms with E-state index >= 15 is 0 Å². The van der Waals surface area contributed by atoms with Gasteiger partial charge in [0.2, 0.25) is 0 Å². The van der Waals surface area contributed by atoms with Crippen LogP contribution in [0.15, 0.2) is 40.9 Å². The van der Waals surface area contributed by atoms with Crippen LogP contribution in [0.3, 0.4) is 0 Å². The minimum absolute atomic E-state index is 0.141. The summed E-state index contributed by atoms with van der Waals surface area (Å²) in [5, 5.41) is 3.29. The van der Waals surface area contributed by atoms with Crippen molar-refractivity contribution in [1.82, 2.24) is 5.32 Å². The molecule has 0 saturated carbocycles. The van der Waals surface area contributed by atoms with Crippen LogP contribution in [0.5, 0.6) is 5.75 Å². The maximum Gasteiger partial charge on any atom is 0.167 e. The smallest absolute Gasteiger partial charge is 0.167 e. The third-order valence-electron chi connectivity index (χ3n) is 3.74. The second-order valence-electron chi connectivity index (χ2n) is 5.16. The van der Waals surface area contributed by atoms with Gasteiger partial charge in [-0.05, 0) is 50.8 Å². The Morgan fingerprint density at radius 2 is 2.00 bits per heavy atom. The second kappa shape index (κ2) is 6.00. The van der Waals surface area contributed by atoms with Gasteiger partial charge in [0.05, 0.1) is 11.6 Å². The molecule has 2 aromatic rings. The summed E-state index contributed by atoms with van der Waals surface area (Å²) >= 11 is 3.45. The molecular weight excluding hydrogens is 330 g/mol. The monoisotopic (exact) mass is 345 g/mol. The van der Waals surface area contributed by atoms with Crippen molar-refractivity contribution in [3.05, 3.63) is 63.1 Å². The van der Waals surface area contributed by atoms with E-state index in [1.54, 1.807) is 7.11 Å². The zero-order valence-electron chi connectivity index (χ0n) is 11.8. The highest BCUT2D eigenvalue weighted by atomic mass is 79.9. The molecule has 3 nitrogen and oxygen atoms in total. The Morgan fingerprint density at radius 3 is 2.76 bits per heavy atom. The zero-order chi connectivity index (χ0) is 14.8. The molecule has 108 valence electrons. The van der Waals surface area contributed by atoms with E-state index in [4.69, 9.17) is 4.74 Å². The number of Topliss-reactive ketones (excluding diaryl/α,β-unsaturated/α-hetero) is 1. The maximum atomic E-state index is 12.4. The number of ketones is 1. The molecule has 0 radical (unpaired) electrons. The van der Waals surface area contributed by atoms with Crippen LogP contribution in [0, 0.1) is 0 Å². The van der Waals surface area contributed by atoms with Crippen LogP contribution >= 0.6 is 15.9 Å². The highest BCUT2D eigenvalue weighted by molar-refractivity contribution is 9.10. The molecule has 0 aliphatic carbocycles. The average molecular weight is 346 g/mol. The largest absolute Gasteiger partial charge is 0.496 e. The predicted molar refractivity (Wildman–Crippen MR) is 85.7 cm³/mol. The van der Waals surface area contributed by atoms with Crippen molar-refractivity contribution in [2.75, 3.05) is 7.11 Å². The van der Waals surface area contributed by atoms with Gasteiger partial charge in [0.1, 0.15) is 5.75 Å². The van der Waals surface area contributed by atoms with Crippen LogP contribution in [0.1, 0.15) is 27.0 Å². The van der Waals surface area contributed by atoms with E-state index in [0.717, 1.165) is 34.4 Å². The minimum Gasteiger partial charge on any atom is -0.496 e. The fourth-order valence-corrected chi connectivity index (χ4v) is 3.16. The van der Waals surface area contributed by atoms with E-state index < -0.39 is 0 Å². The lowest BCUT2D eigenvalue weighted by Crippen LogP contribution is -2.04. The van der Waals surface area contributed by atoms with Gasteiger partial charge in [0, 0.05) is 25.1 Å². The molecule has 0 bridgehead atoms. The number of carbonyl (C=O) groups is 1. The molecule has 0 saturated heterocycles. The number of hydrogen-bond donors (Lipinski definition) is 1. The van der Waals surface area contributed by atoms with Crippen LogP contribution in [0.25, 0.3) is 0 Å². The number of carbonyl (C=O) groups excluding carboxylic acids is 1. The molecule has 3 rings (SSSR count). The van der Waals surface area contributed by atoms with Crippen molar-refractivity contribution in [1.29, 1.82) is 0 Å². The molecule has 0 atom stereocenters. The maximum absolute atomic E-state index is 12.4. The number of nitrogens with one attached hydrogen (secondary N) is 1. The Kier molecular flexibility index (Phi) is 4.08. The van der Waals surface area contributed by atoms with Crippen molar-refractivity contribution in [2.45, 2.75) is 19.5 Å². The van der Waals surface area contributed by atoms with Gasteiger partial charge >= 0.3 is 0 Å². The molecular formula is C17H16BrNO2. The molecule has 0 unspecified atom stereocenters. The number of ether oxygens (including phenoxy) is 1. The first-order valence-electron chi connectivity index (χ1n) is 6.85. The Bertz CT molecular complexity index is 697.